The van der Waals surface area contributed by atoms with Gasteiger partial charge in [0, 0.05) is 6.42 Å². The van der Waals surface area contributed by atoms with Crippen molar-refractivity contribution < 1.29 is 9.53 Å². The molecule has 0 aliphatic heterocycles. The average Bonchev–Trinajstić information content (AvgIpc) is 1.94. The third kappa shape index (κ3) is 3.08. The van der Waals surface area contributed by atoms with Gasteiger partial charge in [0.25, 0.3) is 0 Å². The van der Waals surface area contributed by atoms with Crippen LogP contribution in [0.25, 0.3) is 0 Å². The van der Waals surface area contributed by atoms with E-state index in [4.69, 9.17) is 0 Å². The van der Waals surface area contributed by atoms with E-state index in [-0.39, 0.29) is 6.10 Å². The molecule has 11 heavy (non-hydrogen) atoms. The smallest absolute Gasteiger partial charge is 0.418 e. The maximum Gasteiger partial charge on any atom is 0.418 e. The molecule has 2 heteroatoms. The van der Waals surface area contributed by atoms with Crippen LogP contribution >= 0.6 is 0 Å². The van der Waals surface area contributed by atoms with Crippen molar-refractivity contribution in [3.8, 4) is 11.8 Å². The average molecular weight is 151 g/mol. The van der Waals surface area contributed by atoms with Gasteiger partial charge in [0.05, 0.1) is 0 Å². The van der Waals surface area contributed by atoms with Crippen LogP contribution in [0.2, 0.25) is 0 Å². The minimum atomic E-state index is -0.201. The maximum absolute atomic E-state index is 9.86. The number of carbonyl (C=O) groups excluding carboxylic acids is 1. The lowest BCUT2D eigenvalue weighted by atomic mass is 10.1. The Bertz CT molecular complexity index is 176. The summed E-state index contributed by atoms with van der Waals surface area (Å²) in [6, 6.07) is 0. The second kappa shape index (κ2) is 4.79. The van der Waals surface area contributed by atoms with Crippen molar-refractivity contribution in [3.63, 3.8) is 0 Å². The van der Waals surface area contributed by atoms with Crippen molar-refractivity contribution in [2.75, 3.05) is 0 Å². The van der Waals surface area contributed by atoms with Gasteiger partial charge in [-0.15, -0.1) is 0 Å². The first kappa shape index (κ1) is 8.13. The summed E-state index contributed by atoms with van der Waals surface area (Å²) in [5.41, 5.74) is 0. The van der Waals surface area contributed by atoms with E-state index >= 15 is 0 Å². The lowest BCUT2D eigenvalue weighted by Crippen LogP contribution is -2.10. The Morgan fingerprint density at radius 3 is 3.09 bits per heavy atom. The Morgan fingerprint density at radius 2 is 2.27 bits per heavy atom. The monoisotopic (exact) mass is 151 g/mol. The van der Waals surface area contributed by atoms with Gasteiger partial charge in [0.2, 0.25) is 0 Å². The summed E-state index contributed by atoms with van der Waals surface area (Å²) in [5, 5.41) is 0. The normalized spacial score (nSPS) is 23.8. The molecule has 0 saturated heterocycles. The highest BCUT2D eigenvalue weighted by Gasteiger charge is 2.06. The van der Waals surface area contributed by atoms with Gasteiger partial charge < -0.3 is 4.74 Å². The molecule has 0 aromatic heterocycles. The van der Waals surface area contributed by atoms with E-state index in [1.165, 1.54) is 19.3 Å². The molecular weight excluding hydrogens is 140 g/mol. The molecule has 1 atom stereocenters. The van der Waals surface area contributed by atoms with Gasteiger partial charge in [0.1, 0.15) is 0 Å². The van der Waals surface area contributed by atoms with Crippen LogP contribution in [0.4, 0.5) is 0 Å². The summed E-state index contributed by atoms with van der Waals surface area (Å²) < 4.78 is 4.64. The lowest BCUT2D eigenvalue weighted by molar-refractivity contribution is 0.212. The molecule has 0 aromatic rings. The molecule has 1 aliphatic carbocycles. The molecule has 1 radical (unpaired) electrons. The Kier molecular flexibility index (Phi) is 3.54. The molecule has 59 valence electrons. The van der Waals surface area contributed by atoms with E-state index in [1.54, 1.807) is 0 Å². The fourth-order valence-electron chi connectivity index (χ4n) is 1.12. The quantitative estimate of drug-likeness (QED) is 0.558. The zero-order valence-corrected chi connectivity index (χ0v) is 6.43. The zero-order chi connectivity index (χ0) is 7.94. The van der Waals surface area contributed by atoms with Crippen molar-refractivity contribution in [3.05, 3.63) is 0 Å². The van der Waals surface area contributed by atoms with Crippen LogP contribution in [0.15, 0.2) is 0 Å². The fraction of sp³-hybridized carbons (Fsp3) is 0.667. The predicted octanol–water partition coefficient (Wildman–Crippen LogP) is 1.41. The third-order valence-corrected chi connectivity index (χ3v) is 1.72. The highest BCUT2D eigenvalue weighted by atomic mass is 16.5. The first-order chi connectivity index (χ1) is 5.43. The van der Waals surface area contributed by atoms with Gasteiger partial charge >= 0.3 is 6.47 Å². The maximum atomic E-state index is 9.86. The number of ether oxygens (including phenoxy) is 1. The molecule has 0 amide bonds. The van der Waals surface area contributed by atoms with Crippen LogP contribution in [0.5, 0.6) is 0 Å². The van der Waals surface area contributed by atoms with E-state index < -0.39 is 0 Å². The molecule has 0 saturated carbocycles. The first-order valence-electron chi connectivity index (χ1n) is 3.94. The number of hydrogen-bond acceptors (Lipinski definition) is 2. The second-order valence-corrected chi connectivity index (χ2v) is 2.61. The number of hydrogen-bond donors (Lipinski definition) is 0. The predicted molar refractivity (Wildman–Crippen MR) is 41.4 cm³/mol. The highest BCUT2D eigenvalue weighted by Crippen LogP contribution is 2.09. The molecule has 0 bridgehead atoms. The molecule has 0 aromatic carbocycles. The first-order valence-corrected chi connectivity index (χ1v) is 3.94. The molecule has 1 rings (SSSR count). The van der Waals surface area contributed by atoms with E-state index in [0.717, 1.165) is 19.3 Å². The van der Waals surface area contributed by atoms with Crippen molar-refractivity contribution >= 4 is 6.47 Å². The summed E-state index contributed by atoms with van der Waals surface area (Å²) in [6.45, 7) is 1.43. The van der Waals surface area contributed by atoms with Gasteiger partial charge in [-0.2, -0.15) is 0 Å². The van der Waals surface area contributed by atoms with Gasteiger partial charge in [0.15, 0.2) is 6.10 Å². The van der Waals surface area contributed by atoms with Gasteiger partial charge in [-0.25, -0.2) is 4.79 Å². The van der Waals surface area contributed by atoms with Gasteiger partial charge in [-0.1, -0.05) is 18.3 Å². The van der Waals surface area contributed by atoms with Crippen LogP contribution < -0.4 is 0 Å². The van der Waals surface area contributed by atoms with Crippen LogP contribution in [0, 0.1) is 11.8 Å². The molecule has 0 heterocycles. The Balaban J connectivity index is 2.40. The fourth-order valence-corrected chi connectivity index (χ4v) is 1.12. The van der Waals surface area contributed by atoms with Crippen LogP contribution in [0.3, 0.4) is 0 Å². The van der Waals surface area contributed by atoms with Crippen LogP contribution in [0.1, 0.15) is 32.1 Å². The summed E-state index contributed by atoms with van der Waals surface area (Å²) >= 11 is 0. The van der Waals surface area contributed by atoms with Crippen molar-refractivity contribution in [1.82, 2.24) is 0 Å². The zero-order valence-electron chi connectivity index (χ0n) is 6.43. The van der Waals surface area contributed by atoms with Gasteiger partial charge in [-0.3, -0.25) is 0 Å². The van der Waals surface area contributed by atoms with E-state index in [1.807, 2.05) is 0 Å². The molecule has 0 N–H and O–H groups in total. The van der Waals surface area contributed by atoms with Crippen molar-refractivity contribution in [1.29, 1.82) is 0 Å². The lowest BCUT2D eigenvalue weighted by Gasteiger charge is -2.08. The second-order valence-electron chi connectivity index (χ2n) is 2.61. The summed E-state index contributed by atoms with van der Waals surface area (Å²) in [6.07, 6.45) is 5.05. The third-order valence-electron chi connectivity index (χ3n) is 1.72. The Hall–Kier alpha value is -0.970. The van der Waals surface area contributed by atoms with Crippen molar-refractivity contribution in [2.45, 2.75) is 38.2 Å². The van der Waals surface area contributed by atoms with Crippen molar-refractivity contribution in [2.24, 2.45) is 0 Å². The van der Waals surface area contributed by atoms with E-state index in [9.17, 15) is 4.79 Å². The minimum Gasteiger partial charge on any atom is -0.441 e. The highest BCUT2D eigenvalue weighted by molar-refractivity contribution is 5.39. The molecular formula is C9H11O2. The van der Waals surface area contributed by atoms with Crippen LogP contribution in [-0.4, -0.2) is 12.6 Å². The summed E-state index contributed by atoms with van der Waals surface area (Å²) in [5.74, 6) is 5.86. The molecule has 1 aliphatic rings. The minimum absolute atomic E-state index is 0.201. The molecule has 2 nitrogen and oxygen atoms in total. The Labute approximate surface area is 66.9 Å². The largest absolute Gasteiger partial charge is 0.441 e. The van der Waals surface area contributed by atoms with E-state index in [2.05, 4.69) is 16.6 Å². The molecule has 0 spiro atoms. The number of rotatable bonds is 2. The standard InChI is InChI=1S/C9H11O2/c10-8-11-9-6-4-2-1-3-5-7-9/h9H,1-4,6H2. The molecule has 0 fully saturated rings. The Morgan fingerprint density at radius 1 is 1.36 bits per heavy atom. The SMILES string of the molecule is O=[C]OC1C#CCCCCC1. The summed E-state index contributed by atoms with van der Waals surface area (Å²) in [4.78, 5) is 9.86. The van der Waals surface area contributed by atoms with Gasteiger partial charge in [-0.05, 0) is 19.3 Å². The molecule has 1 unspecified atom stereocenters. The summed E-state index contributed by atoms with van der Waals surface area (Å²) in [7, 11) is 0. The topological polar surface area (TPSA) is 26.3 Å². The van der Waals surface area contributed by atoms with Crippen LogP contribution in [-0.2, 0) is 9.53 Å². The van der Waals surface area contributed by atoms with E-state index in [0.29, 0.717) is 0 Å².